The van der Waals surface area contributed by atoms with Crippen molar-refractivity contribution in [3.63, 3.8) is 0 Å². The first-order valence-electron chi connectivity index (χ1n) is 7.77. The Labute approximate surface area is 120 Å². The molecule has 2 atom stereocenters. The van der Waals surface area contributed by atoms with Gasteiger partial charge in [-0.25, -0.2) is 4.79 Å². The highest BCUT2D eigenvalue weighted by atomic mass is 16.4. The minimum Gasteiger partial charge on any atom is -0.481 e. The van der Waals surface area contributed by atoms with Crippen molar-refractivity contribution in [1.29, 1.82) is 0 Å². The molecule has 114 valence electrons. The monoisotopic (exact) mass is 282 g/mol. The Morgan fingerprint density at radius 2 is 1.85 bits per heavy atom. The van der Waals surface area contributed by atoms with E-state index in [0.29, 0.717) is 25.6 Å². The smallest absolute Gasteiger partial charge is 0.319 e. The highest BCUT2D eigenvalue weighted by Crippen LogP contribution is 2.38. The van der Waals surface area contributed by atoms with Gasteiger partial charge in [-0.15, -0.1) is 0 Å². The summed E-state index contributed by atoms with van der Waals surface area (Å²) < 4.78 is 0. The van der Waals surface area contributed by atoms with Gasteiger partial charge in [-0.3, -0.25) is 4.79 Å². The zero-order chi connectivity index (χ0) is 14.7. The van der Waals surface area contributed by atoms with Crippen molar-refractivity contribution in [3.8, 4) is 0 Å². The fourth-order valence-electron chi connectivity index (χ4n) is 3.66. The zero-order valence-electron chi connectivity index (χ0n) is 12.5. The summed E-state index contributed by atoms with van der Waals surface area (Å²) in [5.41, 5.74) is 0. The van der Waals surface area contributed by atoms with Gasteiger partial charge in [-0.05, 0) is 18.8 Å². The van der Waals surface area contributed by atoms with Crippen LogP contribution < -0.4 is 0 Å². The van der Waals surface area contributed by atoms with E-state index >= 15 is 0 Å². The number of carboxylic acids is 1. The third kappa shape index (κ3) is 3.07. The molecular weight excluding hydrogens is 256 g/mol. The number of aliphatic carboxylic acids is 1. The minimum atomic E-state index is -0.741. The van der Waals surface area contributed by atoms with Crippen LogP contribution in [-0.2, 0) is 4.79 Å². The zero-order valence-corrected chi connectivity index (χ0v) is 12.5. The van der Waals surface area contributed by atoms with Gasteiger partial charge in [0.2, 0.25) is 0 Å². The standard InChI is InChI=1S/C15H26N2O3/c1-3-16(2)15(20)17-9-12(13(10-17)14(18)19)11-7-5-4-6-8-11/h11-13H,3-10H2,1-2H3,(H,18,19)/t12-,13+/m1/s1. The van der Waals surface area contributed by atoms with E-state index in [1.165, 1.54) is 19.3 Å². The van der Waals surface area contributed by atoms with Gasteiger partial charge >= 0.3 is 12.0 Å². The quantitative estimate of drug-likeness (QED) is 0.863. The number of likely N-dealkylation sites (tertiary alicyclic amines) is 1. The Morgan fingerprint density at radius 3 is 2.40 bits per heavy atom. The van der Waals surface area contributed by atoms with E-state index in [2.05, 4.69) is 0 Å². The Balaban J connectivity index is 2.06. The minimum absolute atomic E-state index is 0.0305. The van der Waals surface area contributed by atoms with Crippen LogP contribution in [0.3, 0.4) is 0 Å². The molecule has 20 heavy (non-hydrogen) atoms. The molecule has 1 saturated carbocycles. The number of urea groups is 1. The van der Waals surface area contributed by atoms with E-state index in [1.807, 2.05) is 6.92 Å². The fourth-order valence-corrected chi connectivity index (χ4v) is 3.66. The van der Waals surface area contributed by atoms with Gasteiger partial charge in [-0.2, -0.15) is 0 Å². The molecule has 2 amide bonds. The van der Waals surface area contributed by atoms with Crippen molar-refractivity contribution in [2.45, 2.75) is 39.0 Å². The molecule has 2 fully saturated rings. The Hall–Kier alpha value is -1.26. The third-order valence-corrected chi connectivity index (χ3v) is 5.01. The first-order valence-corrected chi connectivity index (χ1v) is 7.77. The lowest BCUT2D eigenvalue weighted by Gasteiger charge is -2.29. The molecule has 0 unspecified atom stereocenters. The number of carbonyl (C=O) groups excluding carboxylic acids is 1. The number of rotatable bonds is 3. The molecular formula is C15H26N2O3. The van der Waals surface area contributed by atoms with E-state index in [1.54, 1.807) is 16.8 Å². The fraction of sp³-hybridized carbons (Fsp3) is 0.867. The maximum Gasteiger partial charge on any atom is 0.319 e. The second-order valence-corrected chi connectivity index (χ2v) is 6.21. The molecule has 0 aromatic rings. The van der Waals surface area contributed by atoms with Gasteiger partial charge in [0.25, 0.3) is 0 Å². The van der Waals surface area contributed by atoms with Crippen molar-refractivity contribution in [3.05, 3.63) is 0 Å². The lowest BCUT2D eigenvalue weighted by molar-refractivity contribution is -0.143. The Morgan fingerprint density at radius 1 is 1.20 bits per heavy atom. The molecule has 0 aromatic carbocycles. The van der Waals surface area contributed by atoms with Crippen molar-refractivity contribution < 1.29 is 14.7 Å². The van der Waals surface area contributed by atoms with Crippen LogP contribution >= 0.6 is 0 Å². The maximum absolute atomic E-state index is 12.2. The van der Waals surface area contributed by atoms with E-state index in [-0.39, 0.29) is 17.9 Å². The van der Waals surface area contributed by atoms with Gasteiger partial charge in [0.1, 0.15) is 0 Å². The summed E-state index contributed by atoms with van der Waals surface area (Å²) in [7, 11) is 1.77. The highest BCUT2D eigenvalue weighted by Gasteiger charge is 2.43. The number of nitrogens with zero attached hydrogens (tertiary/aromatic N) is 2. The van der Waals surface area contributed by atoms with E-state index in [9.17, 15) is 14.7 Å². The molecule has 5 heteroatoms. The maximum atomic E-state index is 12.2. The molecule has 0 spiro atoms. The SMILES string of the molecule is CCN(C)C(=O)N1C[C@H](C(=O)O)[C@@H](C2CCCCC2)C1. The molecule has 1 N–H and O–H groups in total. The van der Waals surface area contributed by atoms with Crippen molar-refractivity contribution in [1.82, 2.24) is 9.80 Å². The van der Waals surface area contributed by atoms with Crippen molar-refractivity contribution in [2.24, 2.45) is 17.8 Å². The molecule has 1 aliphatic heterocycles. The lowest BCUT2D eigenvalue weighted by atomic mass is 9.75. The number of carboxylic acid groups (broad SMARTS) is 1. The van der Waals surface area contributed by atoms with Gasteiger partial charge in [0.15, 0.2) is 0 Å². The molecule has 2 rings (SSSR count). The Bertz CT molecular complexity index is 366. The predicted molar refractivity (Wildman–Crippen MR) is 76.5 cm³/mol. The van der Waals surface area contributed by atoms with Crippen LogP contribution in [0.15, 0.2) is 0 Å². The predicted octanol–water partition coefficient (Wildman–Crippen LogP) is 2.27. The van der Waals surface area contributed by atoms with Crippen molar-refractivity contribution in [2.75, 3.05) is 26.7 Å². The van der Waals surface area contributed by atoms with E-state index < -0.39 is 5.97 Å². The normalized spacial score (nSPS) is 27.6. The molecule has 0 bridgehead atoms. The van der Waals surface area contributed by atoms with Crippen LogP contribution in [-0.4, -0.2) is 53.6 Å². The summed E-state index contributed by atoms with van der Waals surface area (Å²) in [4.78, 5) is 27.1. The summed E-state index contributed by atoms with van der Waals surface area (Å²) in [5, 5.41) is 9.46. The first-order chi connectivity index (χ1) is 9.54. The van der Waals surface area contributed by atoms with Gasteiger partial charge in [0, 0.05) is 26.7 Å². The van der Waals surface area contributed by atoms with Crippen molar-refractivity contribution >= 4 is 12.0 Å². The van der Waals surface area contributed by atoms with E-state index in [0.717, 1.165) is 12.8 Å². The molecule has 2 aliphatic rings. The average Bonchev–Trinajstić information content (AvgIpc) is 2.92. The largest absolute Gasteiger partial charge is 0.481 e. The summed E-state index contributed by atoms with van der Waals surface area (Å²) in [6.45, 7) is 3.58. The summed E-state index contributed by atoms with van der Waals surface area (Å²) in [6, 6.07) is -0.0305. The van der Waals surface area contributed by atoms with Crippen LogP contribution in [0.1, 0.15) is 39.0 Å². The number of hydrogen-bond donors (Lipinski definition) is 1. The highest BCUT2D eigenvalue weighted by molar-refractivity contribution is 5.77. The first kappa shape index (κ1) is 15.1. The van der Waals surface area contributed by atoms with Crippen LogP contribution in [0.2, 0.25) is 0 Å². The summed E-state index contributed by atoms with van der Waals surface area (Å²) >= 11 is 0. The van der Waals surface area contributed by atoms with Gasteiger partial charge in [0.05, 0.1) is 5.92 Å². The number of hydrogen-bond acceptors (Lipinski definition) is 2. The van der Waals surface area contributed by atoms with Crippen LogP contribution in [0.25, 0.3) is 0 Å². The summed E-state index contributed by atoms with van der Waals surface area (Å²) in [5.74, 6) is -0.501. The molecule has 0 radical (unpaired) electrons. The summed E-state index contributed by atoms with van der Waals surface area (Å²) in [6.07, 6.45) is 5.93. The average molecular weight is 282 g/mol. The molecule has 5 nitrogen and oxygen atoms in total. The molecule has 1 heterocycles. The number of carbonyl (C=O) groups is 2. The Kier molecular flexibility index (Phi) is 4.89. The number of amides is 2. The second-order valence-electron chi connectivity index (χ2n) is 6.21. The molecule has 1 saturated heterocycles. The third-order valence-electron chi connectivity index (χ3n) is 5.01. The van der Waals surface area contributed by atoms with Crippen LogP contribution in [0.5, 0.6) is 0 Å². The van der Waals surface area contributed by atoms with Gasteiger partial charge < -0.3 is 14.9 Å². The molecule has 1 aliphatic carbocycles. The second kappa shape index (κ2) is 6.46. The van der Waals surface area contributed by atoms with E-state index in [4.69, 9.17) is 0 Å². The van der Waals surface area contributed by atoms with Crippen LogP contribution in [0.4, 0.5) is 4.79 Å². The topological polar surface area (TPSA) is 60.9 Å². The lowest BCUT2D eigenvalue weighted by Crippen LogP contribution is -2.40. The van der Waals surface area contributed by atoms with Crippen LogP contribution in [0, 0.1) is 17.8 Å². The molecule has 0 aromatic heterocycles. The van der Waals surface area contributed by atoms with Gasteiger partial charge in [-0.1, -0.05) is 32.1 Å².